The third kappa shape index (κ3) is 5.55. The number of aryl methyl sites for hydroxylation is 3. The van der Waals surface area contributed by atoms with Crippen LogP contribution in [0, 0.1) is 33.3 Å². The molecule has 8 rings (SSSR count). The highest BCUT2D eigenvalue weighted by Crippen LogP contribution is 2.50. The number of benzene rings is 3. The molecule has 0 radical (unpaired) electrons. The zero-order valence-corrected chi connectivity index (χ0v) is 28.9. The molecule has 3 aromatic carbocycles. The van der Waals surface area contributed by atoms with Crippen LogP contribution in [0.15, 0.2) is 65.2 Å². The summed E-state index contributed by atoms with van der Waals surface area (Å²) in [5, 5.41) is 6.42. The Morgan fingerprint density at radius 1 is 0.961 bits per heavy atom. The van der Waals surface area contributed by atoms with Gasteiger partial charge >= 0.3 is 0 Å². The zero-order chi connectivity index (χ0) is 35.6. The van der Waals surface area contributed by atoms with Crippen molar-refractivity contribution >= 4 is 40.7 Å². The smallest absolute Gasteiger partial charge is 0.262 e. The highest BCUT2D eigenvalue weighted by Gasteiger charge is 2.52. The molecule has 3 fully saturated rings. The zero-order valence-electron chi connectivity index (χ0n) is 28.9. The second kappa shape index (κ2) is 12.2. The van der Waals surface area contributed by atoms with Gasteiger partial charge in [-0.05, 0) is 99.2 Å². The monoisotopic (exact) mass is 682 g/mol. The maximum atomic E-state index is 13.4. The average Bonchev–Trinajstić information content (AvgIpc) is 3.78. The maximum absolute atomic E-state index is 13.4. The van der Waals surface area contributed by atoms with Gasteiger partial charge in [0, 0.05) is 67.1 Å². The Balaban J connectivity index is 0.996. The van der Waals surface area contributed by atoms with E-state index >= 15 is 0 Å². The van der Waals surface area contributed by atoms with Crippen molar-refractivity contribution < 1.29 is 23.7 Å². The number of carbonyl (C=O) groups is 4. The van der Waals surface area contributed by atoms with Gasteiger partial charge in [0.2, 0.25) is 11.8 Å². The summed E-state index contributed by atoms with van der Waals surface area (Å²) < 4.78 is 5.49. The van der Waals surface area contributed by atoms with Gasteiger partial charge in [-0.1, -0.05) is 17.3 Å². The van der Waals surface area contributed by atoms with E-state index in [-0.39, 0.29) is 23.9 Å². The Morgan fingerprint density at radius 2 is 1.71 bits per heavy atom. The van der Waals surface area contributed by atoms with Crippen LogP contribution in [0.25, 0.3) is 16.0 Å². The molecular formula is C40H38N6O5. The number of hydrogen-bond donors (Lipinski definition) is 1. The van der Waals surface area contributed by atoms with Gasteiger partial charge in [0.25, 0.3) is 17.4 Å². The molecule has 1 N–H and O–H groups in total. The van der Waals surface area contributed by atoms with Crippen molar-refractivity contribution in [3.63, 3.8) is 0 Å². The second-order valence-corrected chi connectivity index (χ2v) is 14.3. The third-order valence-corrected chi connectivity index (χ3v) is 11.0. The molecule has 4 heterocycles. The fourth-order valence-corrected chi connectivity index (χ4v) is 7.81. The standard InChI is InChI=1S/C40H38N6O5/c1-23-5-6-27(36-24(2)43-51-25(36)3)19-34(23)45(29-9-7-28(8-10-29)40(41-4)16-17-40)18-15-26-21-44(22-26)30-11-12-31-32(20-30)39(50)46(38(31)49)33-13-14-35(47)42-37(33)48/h5-12,19-20,26,33H,13-18,21-22H2,1-3H3,(H,42,47,48). The number of imide groups is 2. The molecule has 1 atom stereocenters. The molecule has 1 saturated carbocycles. The Kier molecular flexibility index (Phi) is 7.78. The number of aromatic nitrogens is 1. The van der Waals surface area contributed by atoms with E-state index in [1.807, 2.05) is 19.9 Å². The normalized spacial score (nSPS) is 19.5. The lowest BCUT2D eigenvalue weighted by molar-refractivity contribution is -0.136. The minimum atomic E-state index is -0.984. The van der Waals surface area contributed by atoms with Crippen molar-refractivity contribution in [2.45, 2.75) is 64.5 Å². The van der Waals surface area contributed by atoms with Gasteiger partial charge in [0.05, 0.1) is 16.8 Å². The van der Waals surface area contributed by atoms with Crippen LogP contribution in [0.5, 0.6) is 0 Å². The summed E-state index contributed by atoms with van der Waals surface area (Å²) in [7, 11) is 0. The maximum Gasteiger partial charge on any atom is 0.262 e. The molecule has 1 aromatic heterocycles. The molecule has 4 amide bonds. The molecule has 1 aliphatic carbocycles. The molecule has 11 nitrogen and oxygen atoms in total. The van der Waals surface area contributed by atoms with E-state index in [1.165, 1.54) is 0 Å². The largest absolute Gasteiger partial charge is 0.371 e. The summed E-state index contributed by atoms with van der Waals surface area (Å²) in [6, 6.07) is 19.3. The first-order chi connectivity index (χ1) is 24.6. The van der Waals surface area contributed by atoms with Crippen molar-refractivity contribution in [3.8, 4) is 11.1 Å². The highest BCUT2D eigenvalue weighted by atomic mass is 16.5. The van der Waals surface area contributed by atoms with Gasteiger partial charge < -0.3 is 19.2 Å². The summed E-state index contributed by atoms with van der Waals surface area (Å²) in [5.74, 6) is -0.822. The van der Waals surface area contributed by atoms with Crippen LogP contribution >= 0.6 is 0 Å². The van der Waals surface area contributed by atoms with Gasteiger partial charge in [-0.2, -0.15) is 0 Å². The number of anilines is 3. The Morgan fingerprint density at radius 3 is 2.37 bits per heavy atom. The first kappa shape index (κ1) is 32.4. The van der Waals surface area contributed by atoms with E-state index in [2.05, 4.69) is 74.5 Å². The number of amides is 4. The van der Waals surface area contributed by atoms with Crippen molar-refractivity contribution in [1.82, 2.24) is 15.4 Å². The molecule has 0 bridgehead atoms. The first-order valence-corrected chi connectivity index (χ1v) is 17.5. The molecule has 1 unspecified atom stereocenters. The average molecular weight is 683 g/mol. The predicted octanol–water partition coefficient (Wildman–Crippen LogP) is 6.24. The number of rotatable bonds is 9. The number of nitrogens with zero attached hydrogens (tertiary/aromatic N) is 5. The minimum Gasteiger partial charge on any atom is -0.371 e. The Bertz CT molecular complexity index is 2130. The topological polar surface area (TPSA) is 120 Å². The molecule has 0 spiro atoms. The first-order valence-electron chi connectivity index (χ1n) is 17.5. The number of fused-ring (bicyclic) bond motifs is 1. The van der Waals surface area contributed by atoms with E-state index in [4.69, 9.17) is 11.1 Å². The fourth-order valence-electron chi connectivity index (χ4n) is 7.81. The quantitative estimate of drug-likeness (QED) is 0.163. The van der Waals surface area contributed by atoms with Crippen LogP contribution in [0.3, 0.4) is 0 Å². The van der Waals surface area contributed by atoms with Gasteiger partial charge in [0.1, 0.15) is 11.8 Å². The molecule has 4 aromatic rings. The number of carbonyl (C=O) groups excluding carboxylic acids is 4. The summed E-state index contributed by atoms with van der Waals surface area (Å²) in [6.45, 7) is 16.1. The highest BCUT2D eigenvalue weighted by molar-refractivity contribution is 6.23. The summed E-state index contributed by atoms with van der Waals surface area (Å²) in [6.07, 6.45) is 2.95. The predicted molar refractivity (Wildman–Crippen MR) is 191 cm³/mol. The molecule has 11 heteroatoms. The van der Waals surface area contributed by atoms with Crippen molar-refractivity contribution in [1.29, 1.82) is 0 Å². The van der Waals surface area contributed by atoms with Gasteiger partial charge in [-0.3, -0.25) is 29.4 Å². The van der Waals surface area contributed by atoms with E-state index in [1.54, 1.807) is 12.1 Å². The minimum absolute atomic E-state index is 0.0854. The Labute approximate surface area is 296 Å². The summed E-state index contributed by atoms with van der Waals surface area (Å²) in [5.41, 5.74) is 8.37. The van der Waals surface area contributed by atoms with Crippen LogP contribution in [0.1, 0.15) is 75.4 Å². The van der Waals surface area contributed by atoms with Crippen LogP contribution in [-0.4, -0.2) is 59.4 Å². The molecule has 3 aliphatic heterocycles. The van der Waals surface area contributed by atoms with Crippen molar-refractivity contribution in [3.05, 3.63) is 106 Å². The SMILES string of the molecule is [C-]#[N+]C1(c2ccc(N(CCC3CN(c4ccc5c(c4)C(=O)N(C4CCC(=O)NC4=O)C5=O)C3)c3cc(-c4c(C)noc4C)ccc3C)cc2)CC1. The van der Waals surface area contributed by atoms with Gasteiger partial charge in [0.15, 0.2) is 0 Å². The van der Waals surface area contributed by atoms with E-state index < -0.39 is 29.7 Å². The van der Waals surface area contributed by atoms with Crippen molar-refractivity contribution in [2.24, 2.45) is 5.92 Å². The van der Waals surface area contributed by atoms with E-state index in [9.17, 15) is 19.2 Å². The molecule has 2 saturated heterocycles. The number of hydrogen-bond acceptors (Lipinski definition) is 8. The third-order valence-electron chi connectivity index (χ3n) is 11.0. The van der Waals surface area contributed by atoms with Gasteiger partial charge in [-0.25, -0.2) is 6.57 Å². The van der Waals surface area contributed by atoms with E-state index in [0.29, 0.717) is 11.5 Å². The van der Waals surface area contributed by atoms with Gasteiger partial charge in [-0.15, -0.1) is 0 Å². The second-order valence-electron chi connectivity index (χ2n) is 14.3. The Hall–Kier alpha value is -5.76. The number of piperidine rings is 1. The lowest BCUT2D eigenvalue weighted by Gasteiger charge is -2.42. The fraction of sp³-hybridized carbons (Fsp3) is 0.350. The summed E-state index contributed by atoms with van der Waals surface area (Å²) in [4.78, 5) is 60.2. The molecule has 4 aliphatic rings. The van der Waals surface area contributed by atoms with Crippen LogP contribution in [-0.2, 0) is 15.1 Å². The molecule has 51 heavy (non-hydrogen) atoms. The number of nitrogens with one attached hydrogen (secondary N) is 1. The van der Waals surface area contributed by atoms with E-state index in [0.717, 1.165) is 94.6 Å². The lowest BCUT2D eigenvalue weighted by atomic mass is 9.94. The van der Waals surface area contributed by atoms with Crippen molar-refractivity contribution in [2.75, 3.05) is 29.4 Å². The summed E-state index contributed by atoms with van der Waals surface area (Å²) >= 11 is 0. The molecular weight excluding hydrogens is 644 g/mol. The lowest BCUT2D eigenvalue weighted by Crippen LogP contribution is -2.54. The molecule has 258 valence electrons. The van der Waals surface area contributed by atoms with Crippen LogP contribution in [0.2, 0.25) is 0 Å². The van der Waals surface area contributed by atoms with Crippen LogP contribution in [0.4, 0.5) is 17.1 Å². The van der Waals surface area contributed by atoms with Crippen LogP contribution < -0.4 is 15.1 Å².